The van der Waals surface area contributed by atoms with Crippen LogP contribution in [0.5, 0.6) is 0 Å². The molecule has 1 rings (SSSR count). The Bertz CT molecular complexity index is 255. The molecule has 16 heavy (non-hydrogen) atoms. The summed E-state index contributed by atoms with van der Waals surface area (Å²) in [6.45, 7) is 13.5. The van der Waals surface area contributed by atoms with Crippen LogP contribution < -0.4 is 51.4 Å². The fourth-order valence-electron chi connectivity index (χ4n) is 1.36. The summed E-state index contributed by atoms with van der Waals surface area (Å²) in [5.41, 5.74) is 1.62. The van der Waals surface area contributed by atoms with Crippen molar-refractivity contribution in [2.24, 2.45) is 5.41 Å². The average Bonchev–Trinajstić information content (AvgIpc) is 2.01. The Balaban J connectivity index is 0. The van der Waals surface area contributed by atoms with Crippen molar-refractivity contribution < 1.29 is 60.9 Å². The van der Waals surface area contributed by atoms with Crippen LogP contribution in [0.2, 0.25) is 0 Å². The Kier molecular flexibility index (Phi) is 11.1. The van der Waals surface area contributed by atoms with E-state index in [2.05, 4.69) is 38.2 Å². The molecule has 3 heteroatoms. The quantitative estimate of drug-likeness (QED) is 0.373. The fraction of sp³-hybridized carbons (Fsp3) is 0.538. The first kappa shape index (κ1) is 18.8. The van der Waals surface area contributed by atoms with Gasteiger partial charge < -0.3 is 4.74 Å². The van der Waals surface area contributed by atoms with E-state index in [1.54, 1.807) is 6.92 Å². The first-order chi connectivity index (χ1) is 6.87. The fourth-order valence-corrected chi connectivity index (χ4v) is 1.36. The van der Waals surface area contributed by atoms with Gasteiger partial charge in [0.25, 0.3) is 0 Å². The number of carbonyl (C=O) groups excluding carboxylic acids is 1. The molecule has 0 aliphatic heterocycles. The van der Waals surface area contributed by atoms with Crippen molar-refractivity contribution in [1.82, 2.24) is 0 Å². The number of allylic oxidation sites excluding steroid dienone is 3. The number of hydrogen-bond acceptors (Lipinski definition) is 2. The first-order valence-electron chi connectivity index (χ1n) is 5.10. The van der Waals surface area contributed by atoms with E-state index in [9.17, 15) is 4.79 Å². The SMILES string of the molecule is C=C1C=[C-]CC(C)(C)C1.[CH2-]C(=O)OCC.[K+]. The maximum Gasteiger partial charge on any atom is 1.00 e. The zero-order valence-electron chi connectivity index (χ0n) is 10.9. The molecule has 0 bridgehead atoms. The van der Waals surface area contributed by atoms with Crippen molar-refractivity contribution in [2.45, 2.75) is 33.6 Å². The zero-order chi connectivity index (χ0) is 11.9. The summed E-state index contributed by atoms with van der Waals surface area (Å²) in [6, 6.07) is 0. The van der Waals surface area contributed by atoms with Gasteiger partial charge in [0.1, 0.15) is 0 Å². The molecule has 0 unspecified atom stereocenters. The second-order valence-electron chi connectivity index (χ2n) is 4.33. The third-order valence-corrected chi connectivity index (χ3v) is 1.90. The zero-order valence-corrected chi connectivity index (χ0v) is 14.1. The van der Waals surface area contributed by atoms with E-state index in [0.717, 1.165) is 12.8 Å². The van der Waals surface area contributed by atoms with Crippen LogP contribution in [0.1, 0.15) is 33.6 Å². The van der Waals surface area contributed by atoms with E-state index in [4.69, 9.17) is 0 Å². The predicted octanol–water partition coefficient (Wildman–Crippen LogP) is 0.110. The molecule has 0 amide bonds. The standard InChI is InChI=1S/C9H13.C4H7O2.K/c1-8-5-4-6-9(2,3)7-8;1-3-6-4(2)5;/h5H,1,6-7H2,2-3H3;2-3H2,1H3;/q2*-1;+1. The second-order valence-corrected chi connectivity index (χ2v) is 4.33. The van der Waals surface area contributed by atoms with E-state index in [1.807, 2.05) is 6.08 Å². The largest absolute Gasteiger partial charge is 1.00 e. The first-order valence-corrected chi connectivity index (χ1v) is 5.10. The van der Waals surface area contributed by atoms with Gasteiger partial charge in [0.2, 0.25) is 0 Å². The number of rotatable bonds is 1. The molecule has 0 spiro atoms. The molecule has 0 heterocycles. The van der Waals surface area contributed by atoms with Crippen molar-refractivity contribution in [3.8, 4) is 0 Å². The molecule has 2 nitrogen and oxygen atoms in total. The van der Waals surface area contributed by atoms with Gasteiger partial charge in [-0.2, -0.15) is 6.58 Å². The second kappa shape index (κ2) is 9.48. The Labute approximate surface area is 142 Å². The molecule has 0 N–H and O–H groups in total. The topological polar surface area (TPSA) is 26.3 Å². The van der Waals surface area contributed by atoms with Crippen molar-refractivity contribution in [3.05, 3.63) is 31.2 Å². The minimum absolute atomic E-state index is 0. The van der Waals surface area contributed by atoms with Crippen LogP contribution in [-0.4, -0.2) is 12.6 Å². The maximum absolute atomic E-state index is 9.71. The molecule has 1 aliphatic rings. The van der Waals surface area contributed by atoms with Gasteiger partial charge in [0, 0.05) is 0 Å². The summed E-state index contributed by atoms with van der Waals surface area (Å²) in [4.78, 5) is 9.71. The van der Waals surface area contributed by atoms with Gasteiger partial charge in [-0.15, -0.1) is 6.42 Å². The van der Waals surface area contributed by atoms with Crippen LogP contribution in [0, 0.1) is 18.4 Å². The summed E-state index contributed by atoms with van der Waals surface area (Å²) in [5, 5.41) is 0. The van der Waals surface area contributed by atoms with E-state index < -0.39 is 5.97 Å². The molecule has 0 aromatic heterocycles. The Hall–Kier alpha value is 0.456. The average molecular weight is 247 g/mol. The van der Waals surface area contributed by atoms with Crippen molar-refractivity contribution in [3.63, 3.8) is 0 Å². The van der Waals surface area contributed by atoms with Crippen LogP contribution in [0.25, 0.3) is 0 Å². The third kappa shape index (κ3) is 11.0. The van der Waals surface area contributed by atoms with Crippen molar-refractivity contribution in [2.75, 3.05) is 6.61 Å². The number of hydrogen-bond donors (Lipinski definition) is 0. The summed E-state index contributed by atoms with van der Waals surface area (Å²) in [5.74, 6) is -0.461. The van der Waals surface area contributed by atoms with Gasteiger partial charge in [0.05, 0.1) is 6.61 Å². The number of esters is 1. The van der Waals surface area contributed by atoms with Gasteiger partial charge in [0.15, 0.2) is 5.97 Å². The van der Waals surface area contributed by atoms with Crippen LogP contribution in [-0.2, 0) is 9.53 Å². The molecule has 0 aromatic carbocycles. The molecule has 0 fully saturated rings. The van der Waals surface area contributed by atoms with Crippen LogP contribution >= 0.6 is 0 Å². The molecule has 0 atom stereocenters. The molecular weight excluding hydrogens is 227 g/mol. The molecule has 0 aromatic rings. The maximum atomic E-state index is 9.71. The minimum Gasteiger partial charge on any atom is -0.489 e. The molecule has 1 aliphatic carbocycles. The Morgan fingerprint density at radius 1 is 1.69 bits per heavy atom. The summed E-state index contributed by atoms with van der Waals surface area (Å²) >= 11 is 0. The summed E-state index contributed by atoms with van der Waals surface area (Å²) < 4.78 is 4.29. The van der Waals surface area contributed by atoms with Gasteiger partial charge in [-0.1, -0.05) is 25.7 Å². The summed E-state index contributed by atoms with van der Waals surface area (Å²) in [7, 11) is 0. The van der Waals surface area contributed by atoms with E-state index in [-0.39, 0.29) is 51.4 Å². The van der Waals surface area contributed by atoms with E-state index in [0.29, 0.717) is 12.0 Å². The molecule has 0 saturated carbocycles. The van der Waals surface area contributed by atoms with Crippen molar-refractivity contribution in [1.29, 1.82) is 0 Å². The minimum atomic E-state index is -0.461. The molecule has 0 saturated heterocycles. The number of carbonyl (C=O) groups is 1. The van der Waals surface area contributed by atoms with Crippen LogP contribution in [0.15, 0.2) is 18.2 Å². The predicted molar refractivity (Wildman–Crippen MR) is 62.0 cm³/mol. The smallest absolute Gasteiger partial charge is 0.489 e. The molecular formula is C13H20KO2-. The van der Waals surface area contributed by atoms with Gasteiger partial charge in [-0.05, 0) is 6.92 Å². The van der Waals surface area contributed by atoms with Gasteiger partial charge >= 0.3 is 51.4 Å². The normalized spacial score (nSPS) is 16.6. The van der Waals surface area contributed by atoms with Crippen LogP contribution in [0.4, 0.5) is 0 Å². The Morgan fingerprint density at radius 2 is 2.25 bits per heavy atom. The monoisotopic (exact) mass is 247 g/mol. The van der Waals surface area contributed by atoms with Crippen LogP contribution in [0.3, 0.4) is 0 Å². The van der Waals surface area contributed by atoms with E-state index in [1.165, 1.54) is 5.57 Å². The van der Waals surface area contributed by atoms with Gasteiger partial charge in [-0.3, -0.25) is 17.8 Å². The van der Waals surface area contributed by atoms with Gasteiger partial charge in [-0.25, -0.2) is 11.6 Å². The van der Waals surface area contributed by atoms with Crippen molar-refractivity contribution >= 4 is 5.97 Å². The molecule has 0 radical (unpaired) electrons. The van der Waals surface area contributed by atoms with E-state index >= 15 is 0 Å². The number of ether oxygens (including phenoxy) is 1. The Morgan fingerprint density at radius 3 is 2.44 bits per heavy atom. The summed E-state index contributed by atoms with van der Waals surface area (Å²) in [6.07, 6.45) is 7.41. The third-order valence-electron chi connectivity index (χ3n) is 1.90. The molecule has 86 valence electrons.